The second-order valence-electron chi connectivity index (χ2n) is 4.89. The van der Waals surface area contributed by atoms with Gasteiger partial charge in [0, 0.05) is 28.6 Å². The largest absolute Gasteiger partial charge is 0.318 e. The van der Waals surface area contributed by atoms with E-state index >= 15 is 0 Å². The quantitative estimate of drug-likeness (QED) is 0.808. The number of aryl methyl sites for hydroxylation is 1. The Labute approximate surface area is 120 Å². The summed E-state index contributed by atoms with van der Waals surface area (Å²) in [5.74, 6) is 0. The van der Waals surface area contributed by atoms with Crippen molar-refractivity contribution in [1.29, 1.82) is 0 Å². The van der Waals surface area contributed by atoms with Crippen molar-refractivity contribution in [3.05, 3.63) is 52.3 Å². The summed E-state index contributed by atoms with van der Waals surface area (Å²) >= 11 is 6.08. The maximum absolute atomic E-state index is 6.08. The van der Waals surface area contributed by atoms with Gasteiger partial charge in [-0.1, -0.05) is 24.6 Å². The SMILES string of the molecule is CCCNCc1cc(C)n(-c2cccc(Cl)c2)c1C. The van der Waals surface area contributed by atoms with Crippen LogP contribution in [0.5, 0.6) is 0 Å². The van der Waals surface area contributed by atoms with Gasteiger partial charge in [-0.15, -0.1) is 0 Å². The van der Waals surface area contributed by atoms with Gasteiger partial charge in [-0.25, -0.2) is 0 Å². The summed E-state index contributed by atoms with van der Waals surface area (Å²) in [5.41, 5.74) is 5.01. The van der Waals surface area contributed by atoms with E-state index in [9.17, 15) is 0 Å². The third-order valence-electron chi connectivity index (χ3n) is 3.34. The number of hydrogen-bond acceptors (Lipinski definition) is 1. The Bertz CT molecular complexity index is 558. The van der Waals surface area contributed by atoms with Crippen LogP contribution in [0.4, 0.5) is 0 Å². The summed E-state index contributed by atoms with van der Waals surface area (Å²) in [5, 5.41) is 4.23. The van der Waals surface area contributed by atoms with Gasteiger partial charge in [0.25, 0.3) is 0 Å². The molecular formula is C16H21ClN2. The molecule has 102 valence electrons. The first-order chi connectivity index (χ1) is 9.13. The van der Waals surface area contributed by atoms with Crippen molar-refractivity contribution in [3.8, 4) is 5.69 Å². The standard InChI is InChI=1S/C16H21ClN2/c1-4-8-18-11-14-9-12(2)19(13(14)3)16-7-5-6-15(17)10-16/h5-7,9-10,18H,4,8,11H2,1-3H3. The fourth-order valence-electron chi connectivity index (χ4n) is 2.42. The summed E-state index contributed by atoms with van der Waals surface area (Å²) in [7, 11) is 0. The van der Waals surface area contributed by atoms with Gasteiger partial charge in [0.1, 0.15) is 0 Å². The summed E-state index contributed by atoms with van der Waals surface area (Å²) < 4.78 is 2.26. The van der Waals surface area contributed by atoms with E-state index < -0.39 is 0 Å². The average molecular weight is 277 g/mol. The highest BCUT2D eigenvalue weighted by Gasteiger charge is 2.10. The van der Waals surface area contributed by atoms with Crippen LogP contribution >= 0.6 is 11.6 Å². The van der Waals surface area contributed by atoms with E-state index in [0.29, 0.717) is 0 Å². The summed E-state index contributed by atoms with van der Waals surface area (Å²) in [6.45, 7) is 8.46. The second-order valence-corrected chi connectivity index (χ2v) is 5.32. The first-order valence-electron chi connectivity index (χ1n) is 6.78. The molecule has 1 N–H and O–H groups in total. The first kappa shape index (κ1) is 14.2. The molecule has 0 saturated heterocycles. The molecule has 0 aliphatic carbocycles. The minimum Gasteiger partial charge on any atom is -0.318 e. The minimum absolute atomic E-state index is 0.774. The van der Waals surface area contributed by atoms with Gasteiger partial charge in [-0.05, 0) is 56.6 Å². The van der Waals surface area contributed by atoms with Crippen LogP contribution in [0.15, 0.2) is 30.3 Å². The van der Waals surface area contributed by atoms with Gasteiger partial charge in [0.05, 0.1) is 0 Å². The molecule has 0 aliphatic rings. The number of nitrogens with zero attached hydrogens (tertiary/aromatic N) is 1. The van der Waals surface area contributed by atoms with Gasteiger partial charge >= 0.3 is 0 Å². The number of halogens is 1. The molecule has 0 unspecified atom stereocenters. The number of rotatable bonds is 5. The summed E-state index contributed by atoms with van der Waals surface area (Å²) in [4.78, 5) is 0. The fourth-order valence-corrected chi connectivity index (χ4v) is 2.61. The van der Waals surface area contributed by atoms with Crippen LogP contribution in [0, 0.1) is 13.8 Å². The maximum atomic E-state index is 6.08. The Morgan fingerprint density at radius 3 is 2.68 bits per heavy atom. The van der Waals surface area contributed by atoms with Crippen LogP contribution in [0.3, 0.4) is 0 Å². The Morgan fingerprint density at radius 1 is 1.21 bits per heavy atom. The van der Waals surface area contributed by atoms with Crippen molar-refractivity contribution in [2.45, 2.75) is 33.7 Å². The maximum Gasteiger partial charge on any atom is 0.0469 e. The zero-order valence-corrected chi connectivity index (χ0v) is 12.6. The highest BCUT2D eigenvalue weighted by Crippen LogP contribution is 2.22. The van der Waals surface area contributed by atoms with E-state index in [-0.39, 0.29) is 0 Å². The minimum atomic E-state index is 0.774. The molecule has 0 bridgehead atoms. The van der Waals surface area contributed by atoms with Gasteiger partial charge in [0.2, 0.25) is 0 Å². The first-order valence-corrected chi connectivity index (χ1v) is 7.15. The van der Waals surface area contributed by atoms with E-state index in [0.717, 1.165) is 30.2 Å². The monoisotopic (exact) mass is 276 g/mol. The van der Waals surface area contributed by atoms with E-state index in [1.54, 1.807) is 0 Å². The lowest BCUT2D eigenvalue weighted by atomic mass is 10.2. The van der Waals surface area contributed by atoms with Gasteiger partial charge in [0.15, 0.2) is 0 Å². The fraction of sp³-hybridized carbons (Fsp3) is 0.375. The third kappa shape index (κ3) is 3.20. The van der Waals surface area contributed by atoms with E-state index in [4.69, 9.17) is 11.6 Å². The van der Waals surface area contributed by atoms with Crippen LogP contribution in [0.2, 0.25) is 5.02 Å². The summed E-state index contributed by atoms with van der Waals surface area (Å²) in [6.07, 6.45) is 1.16. The van der Waals surface area contributed by atoms with Crippen molar-refractivity contribution in [2.75, 3.05) is 6.54 Å². The highest BCUT2D eigenvalue weighted by atomic mass is 35.5. The lowest BCUT2D eigenvalue weighted by Gasteiger charge is -2.10. The number of benzene rings is 1. The van der Waals surface area contributed by atoms with Crippen molar-refractivity contribution in [1.82, 2.24) is 9.88 Å². The molecule has 2 rings (SSSR count). The predicted octanol–water partition coefficient (Wildman–Crippen LogP) is 4.25. The molecule has 2 nitrogen and oxygen atoms in total. The summed E-state index contributed by atoms with van der Waals surface area (Å²) in [6, 6.07) is 10.2. The molecule has 2 aromatic rings. The number of nitrogens with one attached hydrogen (secondary N) is 1. The van der Waals surface area contributed by atoms with Crippen molar-refractivity contribution in [2.24, 2.45) is 0 Å². The van der Waals surface area contributed by atoms with Crippen LogP contribution in [-0.2, 0) is 6.54 Å². The zero-order valence-electron chi connectivity index (χ0n) is 11.8. The van der Waals surface area contributed by atoms with Crippen molar-refractivity contribution < 1.29 is 0 Å². The molecule has 0 aliphatic heterocycles. The topological polar surface area (TPSA) is 17.0 Å². The Kier molecular flexibility index (Phi) is 4.67. The van der Waals surface area contributed by atoms with Crippen molar-refractivity contribution >= 4 is 11.6 Å². The van der Waals surface area contributed by atoms with Crippen LogP contribution < -0.4 is 5.32 Å². The molecule has 0 amide bonds. The van der Waals surface area contributed by atoms with E-state index in [1.807, 2.05) is 18.2 Å². The molecule has 0 spiro atoms. The molecular weight excluding hydrogens is 256 g/mol. The predicted molar refractivity (Wildman–Crippen MR) is 82.3 cm³/mol. The molecule has 1 aromatic heterocycles. The van der Waals surface area contributed by atoms with Crippen LogP contribution in [0.1, 0.15) is 30.3 Å². The second kappa shape index (κ2) is 6.27. The number of hydrogen-bond donors (Lipinski definition) is 1. The molecule has 1 aromatic carbocycles. The molecule has 0 atom stereocenters. The normalized spacial score (nSPS) is 10.9. The highest BCUT2D eigenvalue weighted by molar-refractivity contribution is 6.30. The van der Waals surface area contributed by atoms with E-state index in [1.165, 1.54) is 17.0 Å². The average Bonchev–Trinajstić information content (AvgIpc) is 2.65. The smallest absolute Gasteiger partial charge is 0.0469 e. The zero-order chi connectivity index (χ0) is 13.8. The van der Waals surface area contributed by atoms with Gasteiger partial charge in [-0.3, -0.25) is 0 Å². The van der Waals surface area contributed by atoms with E-state index in [2.05, 4.69) is 42.8 Å². The molecule has 0 fully saturated rings. The Hall–Kier alpha value is -1.25. The van der Waals surface area contributed by atoms with Crippen LogP contribution in [-0.4, -0.2) is 11.1 Å². The van der Waals surface area contributed by atoms with Gasteiger partial charge < -0.3 is 9.88 Å². The lowest BCUT2D eigenvalue weighted by Crippen LogP contribution is -2.14. The molecule has 19 heavy (non-hydrogen) atoms. The number of aromatic nitrogens is 1. The van der Waals surface area contributed by atoms with Gasteiger partial charge in [-0.2, -0.15) is 0 Å². The lowest BCUT2D eigenvalue weighted by molar-refractivity contribution is 0.672. The molecule has 1 heterocycles. The van der Waals surface area contributed by atoms with Crippen molar-refractivity contribution in [3.63, 3.8) is 0 Å². The Balaban J connectivity index is 2.31. The van der Waals surface area contributed by atoms with Crippen LogP contribution in [0.25, 0.3) is 5.69 Å². The Morgan fingerprint density at radius 2 is 2.00 bits per heavy atom. The molecule has 3 heteroatoms. The third-order valence-corrected chi connectivity index (χ3v) is 3.58. The molecule has 0 radical (unpaired) electrons. The molecule has 0 saturated carbocycles.